The molecule has 3 fully saturated rings. The van der Waals surface area contributed by atoms with E-state index in [1.165, 1.54) is 70.6 Å². The van der Waals surface area contributed by atoms with E-state index in [1.807, 2.05) is 0 Å². The van der Waals surface area contributed by atoms with Crippen LogP contribution in [0.1, 0.15) is 90.4 Å². The lowest BCUT2D eigenvalue weighted by atomic mass is 9.62. The van der Waals surface area contributed by atoms with Gasteiger partial charge in [0.25, 0.3) is 0 Å². The largest absolute Gasteiger partial charge is 0.393 e. The third-order valence-corrected chi connectivity index (χ3v) is 7.15. The Morgan fingerprint density at radius 3 is 2.00 bits per heavy atom. The number of aliphatic hydroxyl groups excluding tert-OH is 1. The highest BCUT2D eigenvalue weighted by Crippen LogP contribution is 2.48. The van der Waals surface area contributed by atoms with Gasteiger partial charge in [0.15, 0.2) is 0 Å². The molecule has 1 nitrogen and oxygen atoms in total. The molecule has 4 atom stereocenters. The molecule has 0 saturated heterocycles. The molecule has 1 N–H and O–H groups in total. The van der Waals surface area contributed by atoms with Gasteiger partial charge in [-0.05, 0) is 81.0 Å². The van der Waals surface area contributed by atoms with Crippen molar-refractivity contribution in [2.75, 3.05) is 0 Å². The van der Waals surface area contributed by atoms with Gasteiger partial charge in [-0.3, -0.25) is 0 Å². The molecule has 0 aromatic carbocycles. The zero-order valence-corrected chi connectivity index (χ0v) is 14.1. The SMILES string of the molecule is CCCCC1CCC(C2CCC3CC(O)CCC3C2)CC1. The van der Waals surface area contributed by atoms with E-state index in [4.69, 9.17) is 0 Å². The summed E-state index contributed by atoms with van der Waals surface area (Å²) in [6, 6.07) is 0. The summed E-state index contributed by atoms with van der Waals surface area (Å²) < 4.78 is 0. The molecule has 3 rings (SSSR count). The van der Waals surface area contributed by atoms with E-state index in [1.54, 1.807) is 0 Å². The Kier molecular flexibility index (Phi) is 5.65. The van der Waals surface area contributed by atoms with Gasteiger partial charge in [0.2, 0.25) is 0 Å². The van der Waals surface area contributed by atoms with Crippen molar-refractivity contribution in [1.82, 2.24) is 0 Å². The molecule has 21 heavy (non-hydrogen) atoms. The van der Waals surface area contributed by atoms with Crippen molar-refractivity contribution < 1.29 is 5.11 Å². The van der Waals surface area contributed by atoms with Gasteiger partial charge in [-0.15, -0.1) is 0 Å². The molecule has 0 radical (unpaired) electrons. The van der Waals surface area contributed by atoms with Crippen LogP contribution >= 0.6 is 0 Å². The van der Waals surface area contributed by atoms with Crippen LogP contribution in [0.4, 0.5) is 0 Å². The van der Waals surface area contributed by atoms with Crippen LogP contribution in [0, 0.1) is 29.6 Å². The van der Waals surface area contributed by atoms with Gasteiger partial charge < -0.3 is 5.11 Å². The van der Waals surface area contributed by atoms with Crippen molar-refractivity contribution in [2.24, 2.45) is 29.6 Å². The first-order valence-corrected chi connectivity index (χ1v) is 9.94. The molecular weight excluding hydrogens is 256 g/mol. The molecule has 0 heterocycles. The first kappa shape index (κ1) is 15.8. The van der Waals surface area contributed by atoms with Gasteiger partial charge in [-0.2, -0.15) is 0 Å². The molecule has 0 spiro atoms. The Hall–Kier alpha value is -0.0400. The second-order valence-corrected chi connectivity index (χ2v) is 8.48. The maximum Gasteiger partial charge on any atom is 0.0543 e. The number of hydrogen-bond acceptors (Lipinski definition) is 1. The van der Waals surface area contributed by atoms with Crippen molar-refractivity contribution in [2.45, 2.75) is 96.5 Å². The highest BCUT2D eigenvalue weighted by Gasteiger charge is 2.38. The van der Waals surface area contributed by atoms with Crippen LogP contribution in [0.2, 0.25) is 0 Å². The van der Waals surface area contributed by atoms with Crippen LogP contribution in [-0.2, 0) is 0 Å². The van der Waals surface area contributed by atoms with Gasteiger partial charge >= 0.3 is 0 Å². The third kappa shape index (κ3) is 4.03. The van der Waals surface area contributed by atoms with Gasteiger partial charge in [0.1, 0.15) is 0 Å². The lowest BCUT2D eigenvalue weighted by Crippen LogP contribution is -2.35. The monoisotopic (exact) mass is 292 g/mol. The normalized spacial score (nSPS) is 44.3. The Balaban J connectivity index is 1.44. The predicted molar refractivity (Wildman–Crippen MR) is 89.2 cm³/mol. The van der Waals surface area contributed by atoms with E-state index in [0.717, 1.165) is 42.4 Å². The molecule has 4 unspecified atom stereocenters. The number of rotatable bonds is 4. The summed E-state index contributed by atoms with van der Waals surface area (Å²) in [5, 5.41) is 9.86. The summed E-state index contributed by atoms with van der Waals surface area (Å²) in [6.07, 6.45) is 18.3. The molecule has 3 aliphatic carbocycles. The van der Waals surface area contributed by atoms with Crippen molar-refractivity contribution >= 4 is 0 Å². The lowest BCUT2D eigenvalue weighted by Gasteiger charge is -2.44. The summed E-state index contributed by atoms with van der Waals surface area (Å²) >= 11 is 0. The van der Waals surface area contributed by atoms with E-state index in [2.05, 4.69) is 6.92 Å². The minimum atomic E-state index is 0.0248. The van der Waals surface area contributed by atoms with Crippen molar-refractivity contribution in [1.29, 1.82) is 0 Å². The third-order valence-electron chi connectivity index (χ3n) is 7.15. The van der Waals surface area contributed by atoms with Gasteiger partial charge in [-0.1, -0.05) is 39.0 Å². The first-order chi connectivity index (χ1) is 10.3. The van der Waals surface area contributed by atoms with Crippen molar-refractivity contribution in [3.63, 3.8) is 0 Å². The predicted octanol–water partition coefficient (Wildman–Crippen LogP) is 5.56. The molecule has 122 valence electrons. The van der Waals surface area contributed by atoms with Crippen molar-refractivity contribution in [3.8, 4) is 0 Å². The van der Waals surface area contributed by atoms with Gasteiger partial charge in [0.05, 0.1) is 6.10 Å². The highest BCUT2D eigenvalue weighted by atomic mass is 16.3. The minimum absolute atomic E-state index is 0.0248. The van der Waals surface area contributed by atoms with E-state index in [0.29, 0.717) is 0 Å². The Morgan fingerprint density at radius 1 is 0.714 bits per heavy atom. The van der Waals surface area contributed by atoms with E-state index < -0.39 is 0 Å². The van der Waals surface area contributed by atoms with Crippen molar-refractivity contribution in [3.05, 3.63) is 0 Å². The van der Waals surface area contributed by atoms with E-state index in [9.17, 15) is 5.11 Å². The van der Waals surface area contributed by atoms with Crippen LogP contribution < -0.4 is 0 Å². The zero-order chi connectivity index (χ0) is 14.7. The number of aliphatic hydroxyl groups is 1. The summed E-state index contributed by atoms with van der Waals surface area (Å²) in [4.78, 5) is 0. The Morgan fingerprint density at radius 2 is 1.29 bits per heavy atom. The Labute approximate surface area is 131 Å². The summed E-state index contributed by atoms with van der Waals surface area (Å²) in [5.74, 6) is 4.97. The van der Waals surface area contributed by atoms with Crippen LogP contribution in [-0.4, -0.2) is 11.2 Å². The standard InChI is InChI=1S/C20H36O/c1-2-3-4-15-5-7-16(8-6-15)17-9-10-19-14-20(21)12-11-18(19)13-17/h15-21H,2-14H2,1H3. The molecule has 0 bridgehead atoms. The smallest absolute Gasteiger partial charge is 0.0543 e. The highest BCUT2D eigenvalue weighted by molar-refractivity contribution is 4.89. The molecule has 3 aliphatic rings. The molecule has 0 amide bonds. The van der Waals surface area contributed by atoms with Crippen LogP contribution in [0.3, 0.4) is 0 Å². The second-order valence-electron chi connectivity index (χ2n) is 8.48. The van der Waals surface area contributed by atoms with Crippen LogP contribution in [0.5, 0.6) is 0 Å². The fourth-order valence-electron chi connectivity index (χ4n) is 5.77. The van der Waals surface area contributed by atoms with Gasteiger partial charge in [0, 0.05) is 0 Å². The average Bonchev–Trinajstić information content (AvgIpc) is 2.53. The minimum Gasteiger partial charge on any atom is -0.393 e. The fourth-order valence-corrected chi connectivity index (χ4v) is 5.77. The maximum atomic E-state index is 9.86. The molecule has 0 aromatic heterocycles. The maximum absolute atomic E-state index is 9.86. The quantitative estimate of drug-likeness (QED) is 0.719. The molecule has 1 heteroatoms. The Bertz CT molecular complexity index is 305. The molecule has 0 aliphatic heterocycles. The molecule has 3 saturated carbocycles. The zero-order valence-electron chi connectivity index (χ0n) is 14.1. The fraction of sp³-hybridized carbons (Fsp3) is 1.00. The molecule has 0 aromatic rings. The number of fused-ring (bicyclic) bond motifs is 1. The topological polar surface area (TPSA) is 20.2 Å². The molecular formula is C20H36O. The average molecular weight is 293 g/mol. The van der Waals surface area contributed by atoms with E-state index >= 15 is 0 Å². The summed E-state index contributed by atoms with van der Waals surface area (Å²) in [6.45, 7) is 2.32. The van der Waals surface area contributed by atoms with Crippen LogP contribution in [0.15, 0.2) is 0 Å². The van der Waals surface area contributed by atoms with Gasteiger partial charge in [-0.25, -0.2) is 0 Å². The first-order valence-electron chi connectivity index (χ1n) is 9.94. The number of hydrogen-bond donors (Lipinski definition) is 1. The number of unbranched alkanes of at least 4 members (excludes halogenated alkanes) is 1. The second kappa shape index (κ2) is 7.49. The lowest BCUT2D eigenvalue weighted by molar-refractivity contribution is 0.0189. The summed E-state index contributed by atoms with van der Waals surface area (Å²) in [5.41, 5.74) is 0. The van der Waals surface area contributed by atoms with E-state index in [-0.39, 0.29) is 6.10 Å². The van der Waals surface area contributed by atoms with Crippen LogP contribution in [0.25, 0.3) is 0 Å². The summed E-state index contributed by atoms with van der Waals surface area (Å²) in [7, 11) is 0.